The van der Waals surface area contributed by atoms with Crippen LogP contribution in [0.5, 0.6) is 0 Å². The zero-order chi connectivity index (χ0) is 19.0. The highest BCUT2D eigenvalue weighted by molar-refractivity contribution is 7.17. The number of rotatable bonds is 4. The van der Waals surface area contributed by atoms with Crippen LogP contribution in [0.2, 0.25) is 0 Å². The van der Waals surface area contributed by atoms with E-state index in [2.05, 4.69) is 29.9 Å². The van der Waals surface area contributed by atoms with Crippen molar-refractivity contribution in [2.24, 2.45) is 0 Å². The molecule has 2 heterocycles. The van der Waals surface area contributed by atoms with Crippen molar-refractivity contribution in [1.82, 2.24) is 9.97 Å². The van der Waals surface area contributed by atoms with Crippen LogP contribution in [0.1, 0.15) is 58.9 Å². The maximum Gasteiger partial charge on any atom is 0.350 e. The first-order chi connectivity index (χ1) is 12.4. The molecule has 0 radical (unpaired) electrons. The Labute approximate surface area is 156 Å². The molecular weight excluding hydrogens is 346 g/mol. The summed E-state index contributed by atoms with van der Waals surface area (Å²) in [6.45, 7) is 10.1. The number of nitrogens with one attached hydrogen (secondary N) is 1. The Morgan fingerprint density at radius 3 is 2.73 bits per heavy atom. The van der Waals surface area contributed by atoms with Gasteiger partial charge in [0, 0.05) is 22.2 Å². The van der Waals surface area contributed by atoms with Crippen molar-refractivity contribution in [2.75, 3.05) is 6.61 Å². The molecule has 0 saturated carbocycles. The number of ether oxygens (including phenoxy) is 1. The third-order valence-corrected chi connectivity index (χ3v) is 5.54. The zero-order valence-corrected chi connectivity index (χ0v) is 16.4. The summed E-state index contributed by atoms with van der Waals surface area (Å²) in [5.74, 6) is -0.137. The molecule has 1 N–H and O–H groups in total. The number of carbonyl (C=O) groups excluding carboxylic acids is 1. The van der Waals surface area contributed by atoms with E-state index in [-0.39, 0.29) is 11.9 Å². The molecule has 6 heteroatoms. The summed E-state index contributed by atoms with van der Waals surface area (Å²) in [5.41, 5.74) is 5.20. The monoisotopic (exact) mass is 367 g/mol. The van der Waals surface area contributed by atoms with E-state index in [1.54, 1.807) is 6.92 Å². The van der Waals surface area contributed by atoms with Crippen LogP contribution in [0.4, 0.5) is 0 Å². The number of aromatic nitrogens is 2. The number of aryl methyl sites for hydroxylation is 2. The second kappa shape index (κ2) is 6.93. The normalized spacial score (nSPS) is 11.1. The Morgan fingerprint density at radius 1 is 1.38 bits per heavy atom. The van der Waals surface area contributed by atoms with Crippen molar-refractivity contribution >= 4 is 28.2 Å². The van der Waals surface area contributed by atoms with Crippen LogP contribution >= 0.6 is 11.3 Å². The Hall–Kier alpha value is -2.65. The molecule has 1 aromatic carbocycles. The first kappa shape index (κ1) is 18.2. The van der Waals surface area contributed by atoms with Crippen LogP contribution in [0.25, 0.3) is 21.5 Å². The van der Waals surface area contributed by atoms with Crippen LogP contribution in [0.3, 0.4) is 0 Å². The molecule has 0 atom stereocenters. The fraction of sp³-hybridized carbons (Fsp3) is 0.350. The van der Waals surface area contributed by atoms with Crippen molar-refractivity contribution in [1.29, 1.82) is 5.26 Å². The molecule has 0 aliphatic heterocycles. The highest BCUT2D eigenvalue weighted by atomic mass is 32.1. The van der Waals surface area contributed by atoms with Gasteiger partial charge >= 0.3 is 5.97 Å². The number of fused-ring (bicyclic) bond motifs is 1. The summed E-state index contributed by atoms with van der Waals surface area (Å²) < 4.78 is 5.13. The third-order valence-electron chi connectivity index (χ3n) is 4.37. The number of carbonyl (C=O) groups is 1. The molecule has 0 fully saturated rings. The minimum atomic E-state index is -0.337. The van der Waals surface area contributed by atoms with E-state index in [0.717, 1.165) is 32.7 Å². The van der Waals surface area contributed by atoms with Crippen molar-refractivity contribution in [3.63, 3.8) is 0 Å². The van der Waals surface area contributed by atoms with E-state index in [9.17, 15) is 10.1 Å². The fourth-order valence-electron chi connectivity index (χ4n) is 3.27. The molecule has 0 aliphatic carbocycles. The minimum Gasteiger partial charge on any atom is -0.462 e. The molecule has 0 unspecified atom stereocenters. The Morgan fingerprint density at radius 2 is 2.12 bits per heavy atom. The third kappa shape index (κ3) is 2.89. The molecule has 0 aliphatic rings. The summed E-state index contributed by atoms with van der Waals surface area (Å²) in [7, 11) is 0. The number of hydrogen-bond donors (Lipinski definition) is 1. The number of H-pyrrole nitrogens is 1. The summed E-state index contributed by atoms with van der Waals surface area (Å²) >= 11 is 1.34. The lowest BCUT2D eigenvalue weighted by molar-refractivity contribution is 0.0531. The number of esters is 1. The van der Waals surface area contributed by atoms with Gasteiger partial charge in [-0.15, -0.1) is 11.3 Å². The van der Waals surface area contributed by atoms with E-state index in [4.69, 9.17) is 4.74 Å². The number of aromatic amines is 1. The molecule has 2 aromatic heterocycles. The van der Waals surface area contributed by atoms with Gasteiger partial charge in [0.1, 0.15) is 16.0 Å². The number of nitrogens with zero attached hydrogens (tertiary/aromatic N) is 2. The highest BCUT2D eigenvalue weighted by Gasteiger charge is 2.23. The van der Waals surface area contributed by atoms with Gasteiger partial charge in [-0.1, -0.05) is 13.8 Å². The van der Waals surface area contributed by atoms with Gasteiger partial charge in [-0.3, -0.25) is 0 Å². The first-order valence-electron chi connectivity index (χ1n) is 8.59. The summed E-state index contributed by atoms with van der Waals surface area (Å²) in [6.07, 6.45) is 0. The van der Waals surface area contributed by atoms with E-state index in [1.807, 2.05) is 26.0 Å². The molecule has 3 rings (SSSR count). The Kier molecular flexibility index (Phi) is 4.84. The summed E-state index contributed by atoms with van der Waals surface area (Å²) in [5, 5.41) is 11.3. The lowest BCUT2D eigenvalue weighted by Gasteiger charge is -2.13. The van der Waals surface area contributed by atoms with Crippen molar-refractivity contribution in [2.45, 2.75) is 40.5 Å². The largest absolute Gasteiger partial charge is 0.462 e. The SMILES string of the molecule is CCOC(=O)c1sc(-c2ccc3[nH]c(C)c(C#N)c3c2C(C)C)nc1C. The molecule has 0 saturated heterocycles. The number of hydrogen-bond acceptors (Lipinski definition) is 5. The molecular formula is C20H21N3O2S. The lowest BCUT2D eigenvalue weighted by atomic mass is 9.92. The maximum absolute atomic E-state index is 12.1. The number of benzene rings is 1. The molecule has 3 aromatic rings. The summed E-state index contributed by atoms with van der Waals surface area (Å²) in [6, 6.07) is 6.31. The van der Waals surface area contributed by atoms with E-state index < -0.39 is 0 Å². The van der Waals surface area contributed by atoms with Crippen LogP contribution in [-0.4, -0.2) is 22.5 Å². The van der Waals surface area contributed by atoms with E-state index in [1.165, 1.54) is 11.3 Å². The average Bonchev–Trinajstić information content (AvgIpc) is 3.12. The Balaban J connectivity index is 2.26. The molecule has 0 bridgehead atoms. The quantitative estimate of drug-likeness (QED) is 0.652. The van der Waals surface area contributed by atoms with E-state index >= 15 is 0 Å². The van der Waals surface area contributed by atoms with E-state index in [0.29, 0.717) is 22.7 Å². The van der Waals surface area contributed by atoms with Crippen molar-refractivity contribution in [3.8, 4) is 16.6 Å². The van der Waals surface area contributed by atoms with Gasteiger partial charge in [-0.2, -0.15) is 5.26 Å². The van der Waals surface area contributed by atoms with Gasteiger partial charge in [0.25, 0.3) is 0 Å². The van der Waals surface area contributed by atoms with Gasteiger partial charge in [0.2, 0.25) is 0 Å². The van der Waals surface area contributed by atoms with Crippen LogP contribution in [0.15, 0.2) is 12.1 Å². The molecule has 0 spiro atoms. The van der Waals surface area contributed by atoms with Gasteiger partial charge in [0.15, 0.2) is 0 Å². The van der Waals surface area contributed by atoms with Crippen LogP contribution < -0.4 is 0 Å². The minimum absolute atomic E-state index is 0.200. The second-order valence-corrected chi connectivity index (χ2v) is 7.49. The van der Waals surface area contributed by atoms with Crippen molar-refractivity contribution in [3.05, 3.63) is 39.5 Å². The lowest BCUT2D eigenvalue weighted by Crippen LogP contribution is -2.03. The average molecular weight is 367 g/mol. The summed E-state index contributed by atoms with van der Waals surface area (Å²) in [4.78, 5) is 20.6. The fourth-order valence-corrected chi connectivity index (χ4v) is 4.27. The number of thiazole rings is 1. The standard InChI is InChI=1S/C20H21N3O2S/c1-6-25-20(24)18-12(5)23-19(26-18)13-7-8-15-17(16(13)10(2)3)14(9-21)11(4)22-15/h7-8,10,22H,6H2,1-5H3. The highest BCUT2D eigenvalue weighted by Crippen LogP contribution is 2.39. The van der Waals surface area contributed by atoms with Gasteiger partial charge in [-0.05, 0) is 44.4 Å². The topological polar surface area (TPSA) is 78.8 Å². The van der Waals surface area contributed by atoms with Crippen LogP contribution in [0, 0.1) is 25.2 Å². The predicted molar refractivity (Wildman–Crippen MR) is 104 cm³/mol. The molecule has 134 valence electrons. The number of nitriles is 1. The first-order valence-corrected chi connectivity index (χ1v) is 9.40. The smallest absolute Gasteiger partial charge is 0.350 e. The zero-order valence-electron chi connectivity index (χ0n) is 15.6. The van der Waals surface area contributed by atoms with Crippen molar-refractivity contribution < 1.29 is 9.53 Å². The second-order valence-electron chi connectivity index (χ2n) is 6.49. The van der Waals surface area contributed by atoms with Gasteiger partial charge in [0.05, 0.1) is 17.9 Å². The van der Waals surface area contributed by atoms with Gasteiger partial charge < -0.3 is 9.72 Å². The van der Waals surface area contributed by atoms with Gasteiger partial charge in [-0.25, -0.2) is 9.78 Å². The predicted octanol–water partition coefficient (Wildman–Crippen LogP) is 5.08. The Bertz CT molecular complexity index is 1040. The molecule has 5 nitrogen and oxygen atoms in total. The maximum atomic E-state index is 12.1. The molecule has 0 amide bonds. The van der Waals surface area contributed by atoms with Crippen LogP contribution in [-0.2, 0) is 4.74 Å². The molecule has 26 heavy (non-hydrogen) atoms.